The number of nitrogens with zero attached hydrogens (tertiary/aromatic N) is 2. The van der Waals surface area contributed by atoms with Gasteiger partial charge in [0.2, 0.25) is 15.9 Å². The monoisotopic (exact) mass is 404 g/mol. The molecule has 142 valence electrons. The molecule has 0 spiro atoms. The highest BCUT2D eigenvalue weighted by molar-refractivity contribution is 7.99. The van der Waals surface area contributed by atoms with Crippen LogP contribution in [0.4, 0.5) is 5.69 Å². The number of nitrogens with one attached hydrogen (secondary N) is 2. The predicted octanol–water partition coefficient (Wildman–Crippen LogP) is 2.85. The molecule has 2 aromatic carbocycles. The summed E-state index contributed by atoms with van der Waals surface area (Å²) in [4.78, 5) is 20.0. The van der Waals surface area contributed by atoms with Gasteiger partial charge in [0.15, 0.2) is 5.16 Å². The first kappa shape index (κ1) is 19.4. The van der Waals surface area contributed by atoms with Crippen molar-refractivity contribution in [3.05, 3.63) is 48.0 Å². The van der Waals surface area contributed by atoms with E-state index in [0.29, 0.717) is 10.8 Å². The van der Waals surface area contributed by atoms with Crippen molar-refractivity contribution < 1.29 is 13.2 Å². The fraction of sp³-hybridized carbons (Fsp3) is 0.222. The Morgan fingerprint density at radius 1 is 1.19 bits per heavy atom. The van der Waals surface area contributed by atoms with Crippen molar-refractivity contribution in [2.24, 2.45) is 0 Å². The molecule has 0 aliphatic rings. The number of aromatic amines is 1. The molecule has 0 fully saturated rings. The standard InChI is InChI=1S/C18H20N4O3S2/c1-12-4-9-15-16(10-12)21-18(20-15)26-11-17(23)19-13-5-7-14(8-6-13)27(24,25)22(2)3/h4-10H,11H2,1-3H3,(H,19,23)(H,20,21). The van der Waals surface area contributed by atoms with E-state index in [2.05, 4.69) is 15.3 Å². The smallest absolute Gasteiger partial charge is 0.242 e. The number of H-pyrrole nitrogens is 1. The Morgan fingerprint density at radius 3 is 2.56 bits per heavy atom. The van der Waals surface area contributed by atoms with Gasteiger partial charge in [-0.1, -0.05) is 17.8 Å². The lowest BCUT2D eigenvalue weighted by molar-refractivity contribution is -0.113. The predicted molar refractivity (Wildman–Crippen MR) is 107 cm³/mol. The van der Waals surface area contributed by atoms with E-state index in [-0.39, 0.29) is 16.6 Å². The lowest BCUT2D eigenvalue weighted by Gasteiger charge is -2.11. The fourth-order valence-electron chi connectivity index (χ4n) is 2.42. The van der Waals surface area contributed by atoms with Gasteiger partial charge in [0.25, 0.3) is 0 Å². The number of aromatic nitrogens is 2. The summed E-state index contributed by atoms with van der Waals surface area (Å²) in [6, 6.07) is 12.0. The lowest BCUT2D eigenvalue weighted by atomic mass is 10.2. The Kier molecular flexibility index (Phi) is 5.54. The summed E-state index contributed by atoms with van der Waals surface area (Å²) in [5.41, 5.74) is 3.48. The Balaban J connectivity index is 1.60. The maximum atomic E-state index is 12.1. The number of thioether (sulfide) groups is 1. The molecular weight excluding hydrogens is 384 g/mol. The average Bonchev–Trinajstić information content (AvgIpc) is 3.02. The normalized spacial score (nSPS) is 11.9. The third-order valence-electron chi connectivity index (χ3n) is 3.87. The maximum absolute atomic E-state index is 12.1. The van der Waals surface area contributed by atoms with Crippen molar-refractivity contribution in [2.45, 2.75) is 17.0 Å². The van der Waals surface area contributed by atoms with E-state index in [1.165, 1.54) is 38.0 Å². The van der Waals surface area contributed by atoms with Gasteiger partial charge in [0.1, 0.15) is 0 Å². The van der Waals surface area contributed by atoms with Crippen LogP contribution in [-0.2, 0) is 14.8 Å². The molecular formula is C18H20N4O3S2. The van der Waals surface area contributed by atoms with Crippen LogP contribution >= 0.6 is 11.8 Å². The van der Waals surface area contributed by atoms with Crippen molar-refractivity contribution in [1.29, 1.82) is 0 Å². The largest absolute Gasteiger partial charge is 0.333 e. The van der Waals surface area contributed by atoms with Crippen LogP contribution in [0.25, 0.3) is 11.0 Å². The minimum Gasteiger partial charge on any atom is -0.333 e. The minimum atomic E-state index is -3.48. The molecule has 0 saturated heterocycles. The highest BCUT2D eigenvalue weighted by atomic mass is 32.2. The van der Waals surface area contributed by atoms with Gasteiger partial charge < -0.3 is 10.3 Å². The summed E-state index contributed by atoms with van der Waals surface area (Å²) < 4.78 is 25.2. The Bertz CT molecular complexity index is 1070. The number of rotatable bonds is 6. The van der Waals surface area contributed by atoms with Crippen LogP contribution in [0.5, 0.6) is 0 Å². The Hall–Kier alpha value is -2.36. The van der Waals surface area contributed by atoms with Crippen molar-refractivity contribution in [3.63, 3.8) is 0 Å². The zero-order chi connectivity index (χ0) is 19.6. The van der Waals surface area contributed by atoms with Gasteiger partial charge >= 0.3 is 0 Å². The number of imidazole rings is 1. The molecule has 9 heteroatoms. The number of carbonyl (C=O) groups is 1. The second-order valence-corrected chi connectivity index (χ2v) is 9.33. The first-order valence-electron chi connectivity index (χ1n) is 8.17. The van der Waals surface area contributed by atoms with Crippen molar-refractivity contribution in [3.8, 4) is 0 Å². The summed E-state index contributed by atoms with van der Waals surface area (Å²) >= 11 is 1.31. The Labute approximate surface area is 162 Å². The van der Waals surface area contributed by atoms with Gasteiger partial charge in [-0.25, -0.2) is 17.7 Å². The van der Waals surface area contributed by atoms with E-state index >= 15 is 0 Å². The lowest BCUT2D eigenvalue weighted by Crippen LogP contribution is -2.22. The summed E-state index contributed by atoms with van der Waals surface area (Å²) in [5, 5.41) is 3.43. The van der Waals surface area contributed by atoms with Gasteiger partial charge in [-0.2, -0.15) is 0 Å². The van der Waals surface area contributed by atoms with Crippen molar-refractivity contribution in [2.75, 3.05) is 25.2 Å². The average molecular weight is 405 g/mol. The molecule has 3 aromatic rings. The first-order valence-corrected chi connectivity index (χ1v) is 10.6. The molecule has 1 aromatic heterocycles. The molecule has 1 amide bonds. The van der Waals surface area contributed by atoms with Crippen LogP contribution in [0, 0.1) is 6.92 Å². The number of hydrogen-bond acceptors (Lipinski definition) is 5. The summed E-state index contributed by atoms with van der Waals surface area (Å²) in [7, 11) is -0.533. The van der Waals surface area contributed by atoms with E-state index in [1.54, 1.807) is 12.1 Å². The highest BCUT2D eigenvalue weighted by Gasteiger charge is 2.16. The van der Waals surface area contributed by atoms with E-state index in [4.69, 9.17) is 0 Å². The van der Waals surface area contributed by atoms with Crippen LogP contribution in [0.1, 0.15) is 5.56 Å². The van der Waals surface area contributed by atoms with Gasteiger partial charge in [0, 0.05) is 19.8 Å². The van der Waals surface area contributed by atoms with Crippen molar-refractivity contribution in [1.82, 2.24) is 14.3 Å². The summed E-state index contributed by atoms with van der Waals surface area (Å²) in [6.07, 6.45) is 0. The molecule has 0 saturated carbocycles. The van der Waals surface area contributed by atoms with Gasteiger partial charge in [-0.3, -0.25) is 4.79 Å². The number of carbonyl (C=O) groups excluding carboxylic acids is 1. The molecule has 0 bridgehead atoms. The Morgan fingerprint density at radius 2 is 1.89 bits per heavy atom. The minimum absolute atomic E-state index is 0.178. The number of fused-ring (bicyclic) bond motifs is 1. The molecule has 7 nitrogen and oxygen atoms in total. The maximum Gasteiger partial charge on any atom is 0.242 e. The SMILES string of the molecule is Cc1ccc2nc(SCC(=O)Nc3ccc(S(=O)(=O)N(C)C)cc3)[nH]c2c1. The first-order chi connectivity index (χ1) is 12.8. The van der Waals surface area contributed by atoms with E-state index < -0.39 is 10.0 Å². The number of hydrogen-bond donors (Lipinski definition) is 2. The third kappa shape index (κ3) is 4.49. The third-order valence-corrected chi connectivity index (χ3v) is 6.57. The van der Waals surface area contributed by atoms with E-state index in [9.17, 15) is 13.2 Å². The number of sulfonamides is 1. The zero-order valence-corrected chi connectivity index (χ0v) is 16.8. The topological polar surface area (TPSA) is 95.2 Å². The number of aryl methyl sites for hydroxylation is 1. The zero-order valence-electron chi connectivity index (χ0n) is 15.2. The van der Waals surface area contributed by atoms with Crippen LogP contribution in [0.2, 0.25) is 0 Å². The van der Waals surface area contributed by atoms with Gasteiger partial charge in [-0.05, 0) is 48.9 Å². The summed E-state index contributed by atoms with van der Waals surface area (Å²) in [6.45, 7) is 2.01. The molecule has 0 unspecified atom stereocenters. The molecule has 3 rings (SSSR count). The molecule has 0 radical (unpaired) electrons. The second-order valence-electron chi connectivity index (χ2n) is 6.21. The molecule has 0 atom stereocenters. The van der Waals surface area contributed by atoms with Gasteiger partial charge in [0.05, 0.1) is 21.7 Å². The number of amides is 1. The summed E-state index contributed by atoms with van der Waals surface area (Å²) in [5.74, 6) is -0.00356. The quantitative estimate of drug-likeness (QED) is 0.616. The van der Waals surface area contributed by atoms with Crippen molar-refractivity contribution >= 4 is 44.4 Å². The van der Waals surface area contributed by atoms with E-state index in [1.807, 2.05) is 25.1 Å². The fourth-order valence-corrected chi connectivity index (χ4v) is 4.01. The van der Waals surface area contributed by atoms with E-state index in [0.717, 1.165) is 20.9 Å². The second kappa shape index (κ2) is 7.71. The van der Waals surface area contributed by atoms with Crippen LogP contribution in [-0.4, -0.2) is 48.4 Å². The van der Waals surface area contributed by atoms with Crippen LogP contribution in [0.3, 0.4) is 0 Å². The molecule has 0 aliphatic heterocycles. The molecule has 27 heavy (non-hydrogen) atoms. The van der Waals surface area contributed by atoms with Crippen LogP contribution < -0.4 is 5.32 Å². The molecule has 0 aliphatic carbocycles. The number of benzene rings is 2. The number of anilines is 1. The molecule has 2 N–H and O–H groups in total. The van der Waals surface area contributed by atoms with Crippen LogP contribution in [0.15, 0.2) is 52.5 Å². The highest BCUT2D eigenvalue weighted by Crippen LogP contribution is 2.21. The molecule has 1 heterocycles. The van der Waals surface area contributed by atoms with Gasteiger partial charge in [-0.15, -0.1) is 0 Å².